The molecule has 0 saturated carbocycles. The first-order valence-corrected chi connectivity index (χ1v) is 13.0. The van der Waals surface area contributed by atoms with Crippen molar-refractivity contribution in [1.29, 1.82) is 0 Å². The number of fused-ring (bicyclic) bond motifs is 1. The lowest BCUT2D eigenvalue weighted by molar-refractivity contribution is 0.410. The van der Waals surface area contributed by atoms with E-state index in [4.69, 9.17) is 12.2 Å². The molecule has 3 N–H and O–H groups in total. The van der Waals surface area contributed by atoms with Gasteiger partial charge in [0.25, 0.3) is 0 Å². The molecule has 0 saturated heterocycles. The van der Waals surface area contributed by atoms with Crippen molar-refractivity contribution < 1.29 is 8.42 Å². The van der Waals surface area contributed by atoms with Gasteiger partial charge in [0.2, 0.25) is 10.0 Å². The molecule has 2 aromatic carbocycles. The van der Waals surface area contributed by atoms with E-state index in [9.17, 15) is 8.42 Å². The number of nitrogens with one attached hydrogen (secondary N) is 3. The lowest BCUT2D eigenvalue weighted by Gasteiger charge is -2.21. The molecule has 7 nitrogen and oxygen atoms in total. The first kappa shape index (κ1) is 24.9. The Balaban J connectivity index is 1.77. The quantitative estimate of drug-likeness (QED) is 0.217. The van der Waals surface area contributed by atoms with E-state index in [1.165, 1.54) is 0 Å². The summed E-state index contributed by atoms with van der Waals surface area (Å²) < 4.78 is 27.9. The number of H-pyrrole nitrogens is 1. The van der Waals surface area contributed by atoms with Crippen LogP contribution in [0.2, 0.25) is 0 Å². The van der Waals surface area contributed by atoms with E-state index in [0.29, 0.717) is 18.2 Å². The van der Waals surface area contributed by atoms with Crippen LogP contribution in [-0.2, 0) is 16.4 Å². The summed E-state index contributed by atoms with van der Waals surface area (Å²) in [5.74, 6) is 0. The van der Waals surface area contributed by atoms with Crippen molar-refractivity contribution in [1.82, 2.24) is 14.7 Å². The van der Waals surface area contributed by atoms with Gasteiger partial charge in [-0.1, -0.05) is 39.0 Å². The predicted octanol–water partition coefficient (Wildman–Crippen LogP) is 4.86. The molecule has 3 aromatic rings. The zero-order chi connectivity index (χ0) is 23.8. The van der Waals surface area contributed by atoms with Crippen LogP contribution in [0.25, 0.3) is 10.9 Å². The molecule has 0 unspecified atom stereocenters. The van der Waals surface area contributed by atoms with Crippen molar-refractivity contribution in [2.75, 3.05) is 18.4 Å². The summed E-state index contributed by atoms with van der Waals surface area (Å²) in [6.45, 7) is 7.06. The summed E-state index contributed by atoms with van der Waals surface area (Å²) >= 11 is 5.35. The molecule has 0 atom stereocenters. The summed E-state index contributed by atoms with van der Waals surface area (Å²) in [4.78, 5) is 3.45. The van der Waals surface area contributed by atoms with Gasteiger partial charge in [0, 0.05) is 41.4 Å². The van der Waals surface area contributed by atoms with Crippen LogP contribution in [0.5, 0.6) is 0 Å². The van der Waals surface area contributed by atoms with Gasteiger partial charge in [-0.3, -0.25) is 5.43 Å². The Morgan fingerprint density at radius 2 is 1.85 bits per heavy atom. The van der Waals surface area contributed by atoms with Gasteiger partial charge in [-0.15, -0.1) is 0 Å². The molecule has 1 heterocycles. The number of thiocarbonyl (C=S) groups is 1. The van der Waals surface area contributed by atoms with Crippen LogP contribution in [-0.4, -0.2) is 42.1 Å². The molecule has 0 fully saturated rings. The fourth-order valence-electron chi connectivity index (χ4n) is 3.65. The number of rotatable bonds is 10. The molecule has 0 aliphatic carbocycles. The van der Waals surface area contributed by atoms with E-state index < -0.39 is 10.0 Å². The molecular weight excluding hydrogens is 454 g/mol. The van der Waals surface area contributed by atoms with Crippen molar-refractivity contribution >= 4 is 50.2 Å². The highest BCUT2D eigenvalue weighted by Gasteiger charge is 2.23. The van der Waals surface area contributed by atoms with Crippen LogP contribution in [0, 0.1) is 0 Å². The third kappa shape index (κ3) is 5.98. The van der Waals surface area contributed by atoms with Gasteiger partial charge in [-0.25, -0.2) is 8.42 Å². The number of benzene rings is 2. The maximum absolute atomic E-state index is 13.2. The van der Waals surface area contributed by atoms with Crippen molar-refractivity contribution in [3.63, 3.8) is 0 Å². The monoisotopic (exact) mass is 485 g/mol. The SMILES string of the molecule is CCCN(CCC)S(=O)(=O)c1ccc2[nH]cc(C=NNC(=S)Nc3ccccc3CC)c2c1. The number of hydrazone groups is 1. The van der Waals surface area contributed by atoms with Crippen molar-refractivity contribution in [3.8, 4) is 0 Å². The maximum Gasteiger partial charge on any atom is 0.243 e. The molecule has 0 spiro atoms. The molecule has 9 heteroatoms. The first-order chi connectivity index (χ1) is 15.9. The lowest BCUT2D eigenvalue weighted by atomic mass is 10.1. The molecule has 0 amide bonds. The standard InChI is InChI=1S/C24H31N5O2S2/c1-4-13-29(14-5-2)33(30,31)20-11-12-23-21(15-20)19(16-25-23)17-26-28-24(32)27-22-10-8-7-9-18(22)6-3/h7-12,15-17,25H,4-6,13-14H2,1-3H3,(H2,27,28,32). The number of aromatic nitrogens is 1. The highest BCUT2D eigenvalue weighted by atomic mass is 32.2. The van der Waals surface area contributed by atoms with E-state index in [-0.39, 0.29) is 4.90 Å². The van der Waals surface area contributed by atoms with Gasteiger partial charge in [0.1, 0.15) is 0 Å². The number of aryl methyl sites for hydroxylation is 1. The summed E-state index contributed by atoms with van der Waals surface area (Å²) in [6.07, 6.45) is 5.86. The maximum atomic E-state index is 13.2. The van der Waals surface area contributed by atoms with Gasteiger partial charge in [0.05, 0.1) is 11.1 Å². The van der Waals surface area contributed by atoms with E-state index in [1.54, 1.807) is 34.9 Å². The van der Waals surface area contributed by atoms with Gasteiger partial charge in [-0.2, -0.15) is 9.41 Å². The van der Waals surface area contributed by atoms with E-state index in [0.717, 1.165) is 47.0 Å². The molecule has 0 radical (unpaired) electrons. The highest BCUT2D eigenvalue weighted by Crippen LogP contribution is 2.24. The Morgan fingerprint density at radius 3 is 2.55 bits per heavy atom. The fourth-order valence-corrected chi connectivity index (χ4v) is 5.46. The highest BCUT2D eigenvalue weighted by molar-refractivity contribution is 7.89. The Hall–Kier alpha value is -2.75. The zero-order valence-corrected chi connectivity index (χ0v) is 20.9. The minimum Gasteiger partial charge on any atom is -0.361 e. The van der Waals surface area contributed by atoms with E-state index in [1.807, 2.05) is 38.1 Å². The first-order valence-electron chi connectivity index (χ1n) is 11.2. The van der Waals surface area contributed by atoms with E-state index in [2.05, 4.69) is 27.8 Å². The Morgan fingerprint density at radius 1 is 1.12 bits per heavy atom. The minimum absolute atomic E-state index is 0.285. The van der Waals surface area contributed by atoms with Crippen LogP contribution in [0.15, 0.2) is 58.7 Å². The second-order valence-corrected chi connectivity index (χ2v) is 10.0. The molecule has 1 aromatic heterocycles. The van der Waals surface area contributed by atoms with E-state index >= 15 is 0 Å². The van der Waals surface area contributed by atoms with Crippen LogP contribution < -0.4 is 10.7 Å². The van der Waals surface area contributed by atoms with Gasteiger partial charge >= 0.3 is 0 Å². The summed E-state index contributed by atoms with van der Waals surface area (Å²) in [7, 11) is -3.56. The third-order valence-corrected chi connectivity index (χ3v) is 7.37. The number of hydrogen-bond acceptors (Lipinski definition) is 4. The molecule has 0 aliphatic heterocycles. The number of para-hydroxylation sites is 1. The normalized spacial score (nSPS) is 12.0. The summed E-state index contributed by atoms with van der Waals surface area (Å²) in [6, 6.07) is 13.1. The summed E-state index contributed by atoms with van der Waals surface area (Å²) in [5.41, 5.74) is 6.54. The molecule has 176 valence electrons. The van der Waals surface area contributed by atoms with Gasteiger partial charge in [-0.05, 0) is 61.3 Å². The molecule has 0 bridgehead atoms. The fraction of sp³-hybridized carbons (Fsp3) is 0.333. The molecule has 0 aliphatic rings. The zero-order valence-electron chi connectivity index (χ0n) is 19.3. The Labute approximate surface area is 201 Å². The third-order valence-electron chi connectivity index (χ3n) is 5.29. The predicted molar refractivity (Wildman–Crippen MR) is 140 cm³/mol. The van der Waals surface area contributed by atoms with Crippen LogP contribution in [0.4, 0.5) is 5.69 Å². The van der Waals surface area contributed by atoms with Gasteiger partial charge < -0.3 is 10.3 Å². The number of anilines is 1. The number of nitrogens with zero attached hydrogens (tertiary/aromatic N) is 2. The lowest BCUT2D eigenvalue weighted by Crippen LogP contribution is -2.32. The molecular formula is C24H31N5O2S2. The minimum atomic E-state index is -3.56. The number of aromatic amines is 1. The smallest absolute Gasteiger partial charge is 0.243 e. The number of hydrogen-bond donors (Lipinski definition) is 3. The Kier molecular flexibility index (Phi) is 8.60. The topological polar surface area (TPSA) is 89.6 Å². The van der Waals surface area contributed by atoms with Crippen molar-refractivity contribution in [2.24, 2.45) is 5.10 Å². The van der Waals surface area contributed by atoms with Crippen LogP contribution >= 0.6 is 12.2 Å². The van der Waals surface area contributed by atoms with Crippen molar-refractivity contribution in [3.05, 3.63) is 59.8 Å². The van der Waals surface area contributed by atoms with Crippen LogP contribution in [0.3, 0.4) is 0 Å². The van der Waals surface area contributed by atoms with Crippen LogP contribution in [0.1, 0.15) is 44.7 Å². The van der Waals surface area contributed by atoms with Crippen molar-refractivity contribution in [2.45, 2.75) is 44.9 Å². The average Bonchev–Trinajstić information content (AvgIpc) is 3.21. The largest absolute Gasteiger partial charge is 0.361 e. The van der Waals surface area contributed by atoms with Gasteiger partial charge in [0.15, 0.2) is 5.11 Å². The second-order valence-electron chi connectivity index (χ2n) is 7.69. The molecule has 3 rings (SSSR count). The summed E-state index contributed by atoms with van der Waals surface area (Å²) in [5, 5.41) is 8.56. The number of sulfonamides is 1. The average molecular weight is 486 g/mol. The second kappa shape index (κ2) is 11.4. The Bertz CT molecular complexity index is 1230. The molecule has 33 heavy (non-hydrogen) atoms.